The minimum Gasteiger partial charge on any atom is -0.468 e. The summed E-state index contributed by atoms with van der Waals surface area (Å²) in [7, 11) is 0. The number of nitrogens with zero attached hydrogens (tertiary/aromatic N) is 2. The third kappa shape index (κ3) is 2.75. The van der Waals surface area contributed by atoms with Crippen LogP contribution in [0.25, 0.3) is 0 Å². The van der Waals surface area contributed by atoms with Gasteiger partial charge in [-0.25, -0.2) is 9.98 Å². The van der Waals surface area contributed by atoms with E-state index in [0.29, 0.717) is 30.2 Å². The molecule has 7 heteroatoms. The van der Waals surface area contributed by atoms with Crippen molar-refractivity contribution >= 4 is 23.3 Å². The number of Topliss-reactive ketones (excluding diaryl/α,β-unsaturated/α-hetero) is 1. The Morgan fingerprint density at radius 2 is 2.28 bits per heavy atom. The molecule has 4 rings (SSSR count). The molecule has 1 aromatic heterocycles. The minimum atomic E-state index is -0.986. The van der Waals surface area contributed by atoms with Crippen LogP contribution < -0.4 is 5.73 Å². The van der Waals surface area contributed by atoms with Gasteiger partial charge in [0, 0.05) is 28.9 Å². The number of ketones is 1. The third-order valence-corrected chi connectivity index (χ3v) is 5.23. The van der Waals surface area contributed by atoms with Crippen LogP contribution in [0.3, 0.4) is 0 Å². The lowest BCUT2D eigenvalue weighted by Crippen LogP contribution is -2.54. The number of H-pyrrole nitrogens is 1. The molecule has 0 saturated heterocycles. The van der Waals surface area contributed by atoms with Crippen molar-refractivity contribution in [2.75, 3.05) is 0 Å². The highest BCUT2D eigenvalue weighted by atomic mass is 35.5. The Hall–Kier alpha value is -2.18. The summed E-state index contributed by atoms with van der Waals surface area (Å²) >= 11 is 6.40. The smallest absolute Gasteiger partial charge is 0.205 e. The minimum absolute atomic E-state index is 0.0238. The summed E-state index contributed by atoms with van der Waals surface area (Å²) in [5, 5.41) is 0.545. The maximum atomic E-state index is 13.0. The fourth-order valence-corrected chi connectivity index (χ4v) is 3.95. The maximum Gasteiger partial charge on any atom is 0.205 e. The monoisotopic (exact) mass is 358 g/mol. The average Bonchev–Trinajstić information content (AvgIpc) is 3.08. The van der Waals surface area contributed by atoms with Crippen LogP contribution in [0.4, 0.5) is 0 Å². The molecule has 2 aromatic rings. The molecule has 1 fully saturated rings. The molecule has 2 heterocycles. The number of benzene rings is 1. The number of ether oxygens (including phenoxy) is 1. The van der Waals surface area contributed by atoms with E-state index in [1.807, 2.05) is 18.2 Å². The Morgan fingerprint density at radius 3 is 3.04 bits per heavy atom. The molecule has 130 valence electrons. The number of carbonyl (C=O) groups excluding carboxylic acids is 1. The number of rotatable bonds is 4. The Bertz CT molecular complexity index is 820. The van der Waals surface area contributed by atoms with Gasteiger partial charge in [0.05, 0.1) is 12.4 Å². The number of aliphatic imine (C=N–C) groups is 1. The van der Waals surface area contributed by atoms with Crippen molar-refractivity contribution in [3.05, 3.63) is 53.1 Å². The van der Waals surface area contributed by atoms with Gasteiger partial charge in [-0.05, 0) is 25.3 Å². The first-order valence-electron chi connectivity index (χ1n) is 8.39. The Kier molecular flexibility index (Phi) is 4.09. The van der Waals surface area contributed by atoms with Crippen LogP contribution in [-0.4, -0.2) is 33.8 Å². The van der Waals surface area contributed by atoms with Crippen molar-refractivity contribution in [1.29, 1.82) is 0 Å². The summed E-state index contributed by atoms with van der Waals surface area (Å²) in [6.07, 6.45) is 5.49. The first-order chi connectivity index (χ1) is 12.1. The molecule has 0 spiro atoms. The number of nitrogens with one attached hydrogen (secondary N) is 1. The van der Waals surface area contributed by atoms with E-state index in [1.165, 1.54) is 0 Å². The summed E-state index contributed by atoms with van der Waals surface area (Å²) in [5.74, 6) is 0.392. The molecule has 6 nitrogen and oxygen atoms in total. The van der Waals surface area contributed by atoms with Crippen molar-refractivity contribution in [3.63, 3.8) is 0 Å². The number of aromatic nitrogens is 2. The first-order valence-corrected chi connectivity index (χ1v) is 8.76. The molecule has 0 radical (unpaired) electrons. The van der Waals surface area contributed by atoms with Gasteiger partial charge in [-0.15, -0.1) is 0 Å². The highest BCUT2D eigenvalue weighted by Gasteiger charge is 2.52. The van der Waals surface area contributed by atoms with E-state index < -0.39 is 17.7 Å². The molecule has 1 aliphatic carbocycles. The van der Waals surface area contributed by atoms with Crippen LogP contribution in [0.2, 0.25) is 5.02 Å². The second-order valence-corrected chi connectivity index (χ2v) is 6.95. The molecule has 1 saturated carbocycles. The number of carbonyl (C=O) groups is 1. The Morgan fingerprint density at radius 1 is 1.44 bits per heavy atom. The summed E-state index contributed by atoms with van der Waals surface area (Å²) in [6.45, 7) is 0. The van der Waals surface area contributed by atoms with Crippen LogP contribution in [0.5, 0.6) is 0 Å². The van der Waals surface area contributed by atoms with Gasteiger partial charge in [0.2, 0.25) is 11.7 Å². The van der Waals surface area contributed by atoms with E-state index in [-0.39, 0.29) is 5.78 Å². The highest BCUT2D eigenvalue weighted by Crippen LogP contribution is 2.44. The van der Waals surface area contributed by atoms with Crippen molar-refractivity contribution in [1.82, 2.24) is 9.97 Å². The first kappa shape index (κ1) is 16.3. The van der Waals surface area contributed by atoms with Gasteiger partial charge < -0.3 is 15.5 Å². The molecule has 1 unspecified atom stereocenters. The second-order valence-electron chi connectivity index (χ2n) is 6.54. The predicted molar refractivity (Wildman–Crippen MR) is 94.6 cm³/mol. The van der Waals surface area contributed by atoms with Crippen molar-refractivity contribution in [2.24, 2.45) is 10.7 Å². The molecule has 3 N–H and O–H groups in total. The summed E-state index contributed by atoms with van der Waals surface area (Å²) in [5.41, 5.74) is 6.96. The van der Waals surface area contributed by atoms with Gasteiger partial charge in [0.25, 0.3) is 0 Å². The van der Waals surface area contributed by atoms with Gasteiger partial charge in [-0.3, -0.25) is 4.79 Å². The van der Waals surface area contributed by atoms with Gasteiger partial charge in [-0.1, -0.05) is 29.8 Å². The van der Waals surface area contributed by atoms with Crippen LogP contribution in [0, 0.1) is 0 Å². The van der Waals surface area contributed by atoms with E-state index in [1.54, 1.807) is 18.6 Å². The Balaban J connectivity index is 1.75. The molecule has 2 bridgehead atoms. The standard InChI is InChI=1S/C18H19ClN4O2/c19-13-5-2-1-4-12(13)18-7-3-6-15(16(18)24)25-17(23-18)14(20)8-11-9-21-10-22-11/h1-2,4-5,9-10,14-15H,3,6-8,20H2,(H,21,22)/t14?,15-,18-/m1/s1. The number of halogens is 1. The molecule has 25 heavy (non-hydrogen) atoms. The number of hydrogen-bond acceptors (Lipinski definition) is 5. The zero-order chi connectivity index (χ0) is 17.4. The summed E-state index contributed by atoms with van der Waals surface area (Å²) < 4.78 is 5.86. The van der Waals surface area contributed by atoms with Crippen LogP contribution in [0.15, 0.2) is 41.8 Å². The molecular formula is C18H19ClN4O2. The van der Waals surface area contributed by atoms with Crippen molar-refractivity contribution < 1.29 is 9.53 Å². The molecule has 0 amide bonds. The SMILES string of the molecule is NC(Cc1cnc[nH]1)C1=N[C@@]2(c3ccccc3Cl)CCC[C@@H](O1)C2=O. The molecular weight excluding hydrogens is 340 g/mol. The van der Waals surface area contributed by atoms with E-state index >= 15 is 0 Å². The zero-order valence-corrected chi connectivity index (χ0v) is 14.4. The summed E-state index contributed by atoms with van der Waals surface area (Å²) in [6, 6.07) is 6.94. The molecule has 1 aliphatic heterocycles. The number of fused-ring (bicyclic) bond motifs is 2. The Labute approximate surface area is 150 Å². The maximum absolute atomic E-state index is 13.0. The molecule has 3 atom stereocenters. The zero-order valence-electron chi connectivity index (χ0n) is 13.6. The van der Waals surface area contributed by atoms with E-state index in [0.717, 1.165) is 17.7 Å². The van der Waals surface area contributed by atoms with Gasteiger partial charge in [0.15, 0.2) is 11.6 Å². The van der Waals surface area contributed by atoms with Crippen LogP contribution in [-0.2, 0) is 21.5 Å². The third-order valence-electron chi connectivity index (χ3n) is 4.90. The quantitative estimate of drug-likeness (QED) is 0.877. The van der Waals surface area contributed by atoms with Crippen LogP contribution in [0.1, 0.15) is 30.5 Å². The van der Waals surface area contributed by atoms with Gasteiger partial charge in [0.1, 0.15) is 0 Å². The fraction of sp³-hybridized carbons (Fsp3) is 0.389. The van der Waals surface area contributed by atoms with E-state index in [4.69, 9.17) is 27.1 Å². The lowest BCUT2D eigenvalue weighted by atomic mass is 9.73. The average molecular weight is 359 g/mol. The van der Waals surface area contributed by atoms with Crippen LogP contribution >= 0.6 is 11.6 Å². The highest BCUT2D eigenvalue weighted by molar-refractivity contribution is 6.32. The van der Waals surface area contributed by atoms with E-state index in [9.17, 15) is 4.79 Å². The molecule has 1 aromatic carbocycles. The lowest BCUT2D eigenvalue weighted by molar-refractivity contribution is -0.137. The van der Waals surface area contributed by atoms with Gasteiger partial charge in [-0.2, -0.15) is 0 Å². The normalized spacial score (nSPS) is 26.7. The fourth-order valence-electron chi connectivity index (χ4n) is 3.66. The molecule has 2 aliphatic rings. The summed E-state index contributed by atoms with van der Waals surface area (Å²) in [4.78, 5) is 24.8. The predicted octanol–water partition coefficient (Wildman–Crippen LogP) is 2.38. The number of aromatic amines is 1. The lowest BCUT2D eigenvalue weighted by Gasteiger charge is -2.42. The largest absolute Gasteiger partial charge is 0.468 e. The number of nitrogens with two attached hydrogens (primary N) is 1. The number of hydrogen-bond donors (Lipinski definition) is 2. The van der Waals surface area contributed by atoms with Gasteiger partial charge >= 0.3 is 0 Å². The topological polar surface area (TPSA) is 93.4 Å². The van der Waals surface area contributed by atoms with Crippen molar-refractivity contribution in [3.8, 4) is 0 Å². The van der Waals surface area contributed by atoms with E-state index in [2.05, 4.69) is 9.97 Å². The number of imidazole rings is 1. The second kappa shape index (κ2) is 6.28. The van der Waals surface area contributed by atoms with Crippen molar-refractivity contribution in [2.45, 2.75) is 43.4 Å².